The molecule has 1 saturated heterocycles. The molecule has 2 aliphatic rings. The number of rotatable bonds is 5. The number of Topliss-reactive ketones (excluding diaryl/α,β-unsaturated/α-hetero) is 1. The summed E-state index contributed by atoms with van der Waals surface area (Å²) in [6.07, 6.45) is 8.02. The molecule has 1 unspecified atom stereocenters. The molecule has 0 spiro atoms. The standard InChI is InChI=1S/C20H28N2O2/c1-15(23)17-7-9-18(10-8-17)20(24)21-13-16-11-12-22(14-16)19-5-3-2-4-6-19/h7-10,16,19H,2-6,11-14H2,1H3,(H,21,24). The van der Waals surface area contributed by atoms with Gasteiger partial charge in [0.1, 0.15) is 0 Å². The maximum Gasteiger partial charge on any atom is 0.251 e. The van der Waals surface area contributed by atoms with Crippen LogP contribution in [0.5, 0.6) is 0 Å². The van der Waals surface area contributed by atoms with Crippen LogP contribution in [-0.4, -0.2) is 42.3 Å². The molecule has 3 rings (SSSR count). The molecule has 1 aliphatic heterocycles. The van der Waals surface area contributed by atoms with E-state index in [1.54, 1.807) is 24.3 Å². The normalized spacial score (nSPS) is 22.5. The molecular formula is C20H28N2O2. The van der Waals surface area contributed by atoms with Crippen LogP contribution in [0.4, 0.5) is 0 Å². The van der Waals surface area contributed by atoms with Gasteiger partial charge in [-0.1, -0.05) is 31.4 Å². The summed E-state index contributed by atoms with van der Waals surface area (Å²) in [4.78, 5) is 26.2. The quantitative estimate of drug-likeness (QED) is 0.844. The molecule has 0 bridgehead atoms. The minimum atomic E-state index is -0.0405. The van der Waals surface area contributed by atoms with Gasteiger partial charge in [0, 0.05) is 30.3 Å². The average molecular weight is 328 g/mol. The summed E-state index contributed by atoms with van der Waals surface area (Å²) in [5.41, 5.74) is 1.27. The van der Waals surface area contributed by atoms with Crippen molar-refractivity contribution in [2.75, 3.05) is 19.6 Å². The molecule has 1 aliphatic carbocycles. The predicted molar refractivity (Wildman–Crippen MR) is 95.3 cm³/mol. The maximum atomic E-state index is 12.3. The van der Waals surface area contributed by atoms with Gasteiger partial charge in [0.25, 0.3) is 5.91 Å². The predicted octanol–water partition coefficient (Wildman–Crippen LogP) is 3.27. The number of benzene rings is 1. The highest BCUT2D eigenvalue weighted by molar-refractivity contribution is 5.97. The van der Waals surface area contributed by atoms with Gasteiger partial charge in [0.2, 0.25) is 0 Å². The topological polar surface area (TPSA) is 49.4 Å². The molecule has 1 heterocycles. The van der Waals surface area contributed by atoms with E-state index in [0.29, 0.717) is 17.0 Å². The van der Waals surface area contributed by atoms with Crippen LogP contribution in [0.2, 0.25) is 0 Å². The Labute approximate surface area is 144 Å². The number of nitrogens with one attached hydrogen (secondary N) is 1. The third kappa shape index (κ3) is 4.23. The van der Waals surface area contributed by atoms with Crippen molar-refractivity contribution >= 4 is 11.7 Å². The van der Waals surface area contributed by atoms with Gasteiger partial charge in [-0.25, -0.2) is 0 Å². The number of carbonyl (C=O) groups is 2. The largest absolute Gasteiger partial charge is 0.352 e. The summed E-state index contributed by atoms with van der Waals surface area (Å²) in [6.45, 7) is 4.58. The van der Waals surface area contributed by atoms with Gasteiger partial charge in [-0.05, 0) is 50.8 Å². The molecule has 0 radical (unpaired) electrons. The molecule has 24 heavy (non-hydrogen) atoms. The Hall–Kier alpha value is -1.68. The minimum Gasteiger partial charge on any atom is -0.352 e. The molecular weight excluding hydrogens is 300 g/mol. The average Bonchev–Trinajstić information content (AvgIpc) is 3.09. The van der Waals surface area contributed by atoms with E-state index < -0.39 is 0 Å². The molecule has 0 aromatic heterocycles. The zero-order valence-electron chi connectivity index (χ0n) is 14.6. The van der Waals surface area contributed by atoms with E-state index in [-0.39, 0.29) is 11.7 Å². The molecule has 1 N–H and O–H groups in total. The molecule has 1 saturated carbocycles. The lowest BCUT2D eigenvalue weighted by Gasteiger charge is -2.31. The molecule has 1 atom stereocenters. The van der Waals surface area contributed by atoms with Gasteiger partial charge in [-0.2, -0.15) is 0 Å². The fourth-order valence-corrected chi connectivity index (χ4v) is 4.00. The molecule has 1 amide bonds. The summed E-state index contributed by atoms with van der Waals surface area (Å²) in [5, 5.41) is 3.06. The number of nitrogens with zero attached hydrogens (tertiary/aromatic N) is 1. The van der Waals surface area contributed by atoms with Crippen molar-refractivity contribution in [1.29, 1.82) is 0 Å². The smallest absolute Gasteiger partial charge is 0.251 e. The highest BCUT2D eigenvalue weighted by Gasteiger charge is 2.29. The van der Waals surface area contributed by atoms with E-state index in [0.717, 1.165) is 19.1 Å². The van der Waals surface area contributed by atoms with E-state index in [4.69, 9.17) is 0 Å². The Morgan fingerprint density at radius 2 is 1.71 bits per heavy atom. The van der Waals surface area contributed by atoms with E-state index >= 15 is 0 Å². The van der Waals surface area contributed by atoms with Crippen molar-refractivity contribution in [2.45, 2.75) is 51.5 Å². The monoisotopic (exact) mass is 328 g/mol. The molecule has 1 aromatic carbocycles. The van der Waals surface area contributed by atoms with Crippen LogP contribution in [0, 0.1) is 5.92 Å². The summed E-state index contributed by atoms with van der Waals surface area (Å²) < 4.78 is 0. The third-order valence-corrected chi connectivity index (χ3v) is 5.51. The molecule has 4 nitrogen and oxygen atoms in total. The first kappa shape index (κ1) is 17.2. The zero-order valence-corrected chi connectivity index (χ0v) is 14.6. The van der Waals surface area contributed by atoms with Gasteiger partial charge in [-0.15, -0.1) is 0 Å². The van der Waals surface area contributed by atoms with Crippen LogP contribution in [0.25, 0.3) is 0 Å². The summed E-state index contributed by atoms with van der Waals surface area (Å²) >= 11 is 0. The zero-order chi connectivity index (χ0) is 16.9. The Bertz CT molecular complexity index is 576. The van der Waals surface area contributed by atoms with Gasteiger partial charge >= 0.3 is 0 Å². The first-order valence-corrected chi connectivity index (χ1v) is 9.27. The second kappa shape index (κ2) is 7.93. The first-order chi connectivity index (χ1) is 11.6. The second-order valence-electron chi connectivity index (χ2n) is 7.29. The van der Waals surface area contributed by atoms with Crippen molar-refractivity contribution in [2.24, 2.45) is 5.92 Å². The molecule has 130 valence electrons. The van der Waals surface area contributed by atoms with Crippen LogP contribution in [-0.2, 0) is 0 Å². The number of hydrogen-bond acceptors (Lipinski definition) is 3. The summed E-state index contributed by atoms with van der Waals surface area (Å²) in [5.74, 6) is 0.546. The van der Waals surface area contributed by atoms with Crippen LogP contribution < -0.4 is 5.32 Å². The Kier molecular flexibility index (Phi) is 5.67. The van der Waals surface area contributed by atoms with Crippen LogP contribution in [0.15, 0.2) is 24.3 Å². The molecule has 1 aromatic rings. The highest BCUT2D eigenvalue weighted by Crippen LogP contribution is 2.27. The summed E-state index contributed by atoms with van der Waals surface area (Å²) in [6, 6.07) is 7.68. The van der Waals surface area contributed by atoms with E-state index in [1.807, 2.05) is 0 Å². The van der Waals surface area contributed by atoms with Gasteiger partial charge in [-0.3, -0.25) is 9.59 Å². The first-order valence-electron chi connectivity index (χ1n) is 9.27. The van der Waals surface area contributed by atoms with E-state index in [1.165, 1.54) is 52.0 Å². The van der Waals surface area contributed by atoms with E-state index in [9.17, 15) is 9.59 Å². The number of amides is 1. The Morgan fingerprint density at radius 3 is 2.38 bits per heavy atom. The molecule has 4 heteroatoms. The second-order valence-corrected chi connectivity index (χ2v) is 7.29. The third-order valence-electron chi connectivity index (χ3n) is 5.51. The van der Waals surface area contributed by atoms with Gasteiger partial charge < -0.3 is 10.2 Å². The number of likely N-dealkylation sites (tertiary alicyclic amines) is 1. The fraction of sp³-hybridized carbons (Fsp3) is 0.600. The lowest BCUT2D eigenvalue weighted by molar-refractivity contribution is 0.0944. The Morgan fingerprint density at radius 1 is 1.04 bits per heavy atom. The minimum absolute atomic E-state index is 0.0238. The summed E-state index contributed by atoms with van der Waals surface area (Å²) in [7, 11) is 0. The van der Waals surface area contributed by atoms with Crippen molar-refractivity contribution in [3.8, 4) is 0 Å². The van der Waals surface area contributed by atoms with Gasteiger partial charge in [0.15, 0.2) is 5.78 Å². The lowest BCUT2D eigenvalue weighted by atomic mass is 9.94. The van der Waals surface area contributed by atoms with Gasteiger partial charge in [0.05, 0.1) is 0 Å². The van der Waals surface area contributed by atoms with Crippen molar-refractivity contribution in [3.05, 3.63) is 35.4 Å². The molecule has 2 fully saturated rings. The Balaban J connectivity index is 1.45. The van der Waals surface area contributed by atoms with Crippen LogP contribution in [0.1, 0.15) is 66.2 Å². The van der Waals surface area contributed by atoms with Crippen molar-refractivity contribution in [3.63, 3.8) is 0 Å². The maximum absolute atomic E-state index is 12.3. The SMILES string of the molecule is CC(=O)c1ccc(C(=O)NCC2CCN(C3CCCCC3)C2)cc1. The number of ketones is 1. The highest BCUT2D eigenvalue weighted by atomic mass is 16.1. The van der Waals surface area contributed by atoms with Crippen LogP contribution in [0.3, 0.4) is 0 Å². The number of hydrogen-bond donors (Lipinski definition) is 1. The van der Waals surface area contributed by atoms with Crippen molar-refractivity contribution in [1.82, 2.24) is 10.2 Å². The van der Waals surface area contributed by atoms with E-state index in [2.05, 4.69) is 10.2 Å². The van der Waals surface area contributed by atoms with Crippen LogP contribution >= 0.6 is 0 Å². The fourth-order valence-electron chi connectivity index (χ4n) is 4.00. The number of carbonyl (C=O) groups excluding carboxylic acids is 2. The lowest BCUT2D eigenvalue weighted by Crippen LogP contribution is -2.36. The van der Waals surface area contributed by atoms with Crippen molar-refractivity contribution < 1.29 is 9.59 Å².